The number of methoxy groups -OCH3 is 1. The third-order valence-corrected chi connectivity index (χ3v) is 7.77. The molecule has 3 aromatic carbocycles. The van der Waals surface area contributed by atoms with E-state index < -0.39 is 11.4 Å². The maximum absolute atomic E-state index is 15.2. The molecule has 0 atom stereocenters. The quantitative estimate of drug-likeness (QED) is 0.275. The summed E-state index contributed by atoms with van der Waals surface area (Å²) in [5.41, 5.74) is 2.18. The molecule has 2 aliphatic heterocycles. The van der Waals surface area contributed by atoms with Gasteiger partial charge in [0.1, 0.15) is 35.3 Å². The van der Waals surface area contributed by atoms with Crippen LogP contribution in [0, 0.1) is 18.6 Å². The molecule has 9 heteroatoms. The fourth-order valence-corrected chi connectivity index (χ4v) is 5.46. The number of piperidine rings is 1. The molecule has 5 rings (SSSR count). The number of aryl methyl sites for hydroxylation is 1. The SMILES string of the molecule is COc1ccc(CN2C(=O)CCc3c(OCC4(N=C=O)CCN(c5ccc(C)cc5F)CC4)ccc(F)c32)cc1. The van der Waals surface area contributed by atoms with Gasteiger partial charge in [-0.15, -0.1) is 0 Å². The highest BCUT2D eigenvalue weighted by Crippen LogP contribution is 2.39. The van der Waals surface area contributed by atoms with Crippen molar-refractivity contribution < 1.29 is 27.8 Å². The smallest absolute Gasteiger partial charge is 0.235 e. The van der Waals surface area contributed by atoms with Crippen molar-refractivity contribution in [2.75, 3.05) is 36.6 Å². The van der Waals surface area contributed by atoms with Crippen molar-refractivity contribution in [2.24, 2.45) is 4.99 Å². The van der Waals surface area contributed by atoms with Crippen LogP contribution in [0.25, 0.3) is 0 Å². The number of aliphatic imine (C=N–C) groups is 1. The predicted molar refractivity (Wildman–Crippen MR) is 148 cm³/mol. The minimum Gasteiger partial charge on any atom is -0.497 e. The van der Waals surface area contributed by atoms with Crippen LogP contribution in [0.15, 0.2) is 59.6 Å². The third-order valence-electron chi connectivity index (χ3n) is 7.77. The van der Waals surface area contributed by atoms with Crippen LogP contribution in [0.4, 0.5) is 20.2 Å². The summed E-state index contributed by atoms with van der Waals surface area (Å²) in [5, 5.41) is 0. The number of halogens is 2. The fourth-order valence-electron chi connectivity index (χ4n) is 5.46. The Morgan fingerprint density at radius 3 is 2.42 bits per heavy atom. The minimum atomic E-state index is -0.839. The Bertz CT molecular complexity index is 1450. The van der Waals surface area contributed by atoms with Gasteiger partial charge >= 0.3 is 0 Å². The first-order valence-electron chi connectivity index (χ1n) is 13.3. The van der Waals surface area contributed by atoms with Gasteiger partial charge in [0.15, 0.2) is 0 Å². The molecule has 0 radical (unpaired) electrons. The van der Waals surface area contributed by atoms with Crippen molar-refractivity contribution in [1.82, 2.24) is 0 Å². The Kier molecular flexibility index (Phi) is 7.85. The Morgan fingerprint density at radius 2 is 1.75 bits per heavy atom. The highest BCUT2D eigenvalue weighted by atomic mass is 19.1. The monoisotopic (exact) mass is 547 g/mol. The topological polar surface area (TPSA) is 71.4 Å². The summed E-state index contributed by atoms with van der Waals surface area (Å²) in [6.45, 7) is 3.10. The molecule has 3 aromatic rings. The molecule has 0 aromatic heterocycles. The van der Waals surface area contributed by atoms with Crippen LogP contribution in [0.5, 0.6) is 11.5 Å². The number of rotatable bonds is 8. The maximum atomic E-state index is 15.2. The standard InChI is InChI=1S/C31H31F2N3O4/c1-21-3-10-27(26(33)17-21)35-15-13-31(14-16-35,34-20-37)19-40-28-11-9-25(32)30-24(28)8-12-29(38)36(30)18-22-4-6-23(39-2)7-5-22/h3-7,9-11,17H,8,12-16,18-19H2,1-2H3. The largest absolute Gasteiger partial charge is 0.497 e. The number of carbonyl (C=O) groups is 1. The molecule has 7 nitrogen and oxygen atoms in total. The van der Waals surface area contributed by atoms with E-state index in [1.54, 1.807) is 37.5 Å². The van der Waals surface area contributed by atoms with E-state index in [-0.39, 0.29) is 37.0 Å². The van der Waals surface area contributed by atoms with Crippen LogP contribution in [-0.4, -0.2) is 44.3 Å². The number of anilines is 2. The molecule has 0 N–H and O–H groups in total. The van der Waals surface area contributed by atoms with E-state index in [1.807, 2.05) is 30.0 Å². The molecule has 0 unspecified atom stereocenters. The van der Waals surface area contributed by atoms with E-state index in [1.165, 1.54) is 17.0 Å². The van der Waals surface area contributed by atoms with Crippen LogP contribution < -0.4 is 19.3 Å². The number of ether oxygens (including phenoxy) is 2. The van der Waals surface area contributed by atoms with Gasteiger partial charge in [-0.05, 0) is 73.7 Å². The molecule has 2 heterocycles. The number of hydrogen-bond acceptors (Lipinski definition) is 6. The second kappa shape index (κ2) is 11.5. The lowest BCUT2D eigenvalue weighted by Gasteiger charge is -2.39. The third kappa shape index (κ3) is 5.56. The van der Waals surface area contributed by atoms with Crippen LogP contribution >= 0.6 is 0 Å². The lowest BCUT2D eigenvalue weighted by molar-refractivity contribution is -0.119. The normalized spacial score (nSPS) is 16.2. The molecule has 0 spiro atoms. The number of isocyanates is 1. The van der Waals surface area contributed by atoms with Gasteiger partial charge in [-0.2, -0.15) is 4.99 Å². The molecule has 1 amide bonds. The van der Waals surface area contributed by atoms with Crippen molar-refractivity contribution in [2.45, 2.75) is 44.7 Å². The van der Waals surface area contributed by atoms with E-state index >= 15 is 4.39 Å². The first-order chi connectivity index (χ1) is 19.3. The van der Waals surface area contributed by atoms with E-state index in [2.05, 4.69) is 4.99 Å². The molecule has 40 heavy (non-hydrogen) atoms. The van der Waals surface area contributed by atoms with E-state index in [4.69, 9.17) is 9.47 Å². The van der Waals surface area contributed by atoms with E-state index in [9.17, 15) is 14.0 Å². The Morgan fingerprint density at radius 1 is 1.00 bits per heavy atom. The van der Waals surface area contributed by atoms with Crippen molar-refractivity contribution in [3.63, 3.8) is 0 Å². The second-order valence-electron chi connectivity index (χ2n) is 10.4. The Hall–Kier alpha value is -4.23. The predicted octanol–water partition coefficient (Wildman–Crippen LogP) is 5.52. The molecule has 0 bridgehead atoms. The van der Waals surface area contributed by atoms with Crippen LogP contribution in [0.2, 0.25) is 0 Å². The Balaban J connectivity index is 1.34. The average molecular weight is 548 g/mol. The maximum Gasteiger partial charge on any atom is 0.235 e. The number of hydrogen-bond donors (Lipinski definition) is 0. The van der Waals surface area contributed by atoms with Crippen LogP contribution in [0.3, 0.4) is 0 Å². The summed E-state index contributed by atoms with van der Waals surface area (Å²) >= 11 is 0. The molecular formula is C31H31F2N3O4. The number of amides is 1. The lowest BCUT2D eigenvalue weighted by atomic mass is 9.88. The van der Waals surface area contributed by atoms with Crippen molar-refractivity contribution >= 4 is 23.4 Å². The van der Waals surface area contributed by atoms with Gasteiger partial charge in [-0.25, -0.2) is 13.6 Å². The summed E-state index contributed by atoms with van der Waals surface area (Å²) in [6.07, 6.45) is 3.17. The number of nitrogens with zero attached hydrogens (tertiary/aromatic N) is 3. The molecule has 2 aliphatic rings. The van der Waals surface area contributed by atoms with Gasteiger partial charge in [0.2, 0.25) is 12.0 Å². The first-order valence-corrected chi connectivity index (χ1v) is 13.3. The van der Waals surface area contributed by atoms with Crippen molar-refractivity contribution in [3.8, 4) is 11.5 Å². The summed E-state index contributed by atoms with van der Waals surface area (Å²) in [5.74, 6) is 0.193. The van der Waals surface area contributed by atoms with Gasteiger partial charge in [0, 0.05) is 25.1 Å². The highest BCUT2D eigenvalue weighted by Gasteiger charge is 2.37. The van der Waals surface area contributed by atoms with Crippen molar-refractivity contribution in [1.29, 1.82) is 0 Å². The van der Waals surface area contributed by atoms with Gasteiger partial charge in [0.05, 0.1) is 25.0 Å². The molecule has 0 aliphatic carbocycles. The lowest BCUT2D eigenvalue weighted by Crippen LogP contribution is -2.47. The molecule has 1 saturated heterocycles. The molecule has 0 saturated carbocycles. The second-order valence-corrected chi connectivity index (χ2v) is 10.4. The van der Waals surface area contributed by atoms with Crippen LogP contribution in [0.1, 0.15) is 36.0 Å². The van der Waals surface area contributed by atoms with E-state index in [0.29, 0.717) is 55.1 Å². The molecular weight excluding hydrogens is 516 g/mol. The zero-order chi connectivity index (χ0) is 28.3. The summed E-state index contributed by atoms with van der Waals surface area (Å²) in [6, 6.07) is 15.3. The van der Waals surface area contributed by atoms with Crippen molar-refractivity contribution in [3.05, 3.63) is 82.9 Å². The molecule has 208 valence electrons. The zero-order valence-electron chi connectivity index (χ0n) is 22.6. The van der Waals surface area contributed by atoms with Gasteiger partial charge in [-0.1, -0.05) is 18.2 Å². The average Bonchev–Trinajstić information content (AvgIpc) is 2.95. The van der Waals surface area contributed by atoms with Gasteiger partial charge in [0.25, 0.3) is 0 Å². The number of fused-ring (bicyclic) bond motifs is 1. The number of benzene rings is 3. The fraction of sp³-hybridized carbons (Fsp3) is 0.355. The van der Waals surface area contributed by atoms with E-state index in [0.717, 1.165) is 11.1 Å². The minimum absolute atomic E-state index is 0.0803. The first kappa shape index (κ1) is 27.3. The van der Waals surface area contributed by atoms with Gasteiger partial charge in [-0.3, -0.25) is 4.79 Å². The Labute approximate surface area is 232 Å². The zero-order valence-corrected chi connectivity index (χ0v) is 22.6. The summed E-state index contributed by atoms with van der Waals surface area (Å²) in [4.78, 5) is 31.8. The summed E-state index contributed by atoms with van der Waals surface area (Å²) in [7, 11) is 1.58. The molecule has 1 fully saturated rings. The number of carbonyl (C=O) groups excluding carboxylic acids is 2. The van der Waals surface area contributed by atoms with Gasteiger partial charge < -0.3 is 19.3 Å². The van der Waals surface area contributed by atoms with Crippen LogP contribution in [-0.2, 0) is 22.6 Å². The summed E-state index contributed by atoms with van der Waals surface area (Å²) < 4.78 is 41.1. The highest BCUT2D eigenvalue weighted by molar-refractivity contribution is 5.97.